The third kappa shape index (κ3) is 2.15. The van der Waals surface area contributed by atoms with Gasteiger partial charge in [0.1, 0.15) is 0 Å². The van der Waals surface area contributed by atoms with Gasteiger partial charge in [-0.25, -0.2) is 8.42 Å². The van der Waals surface area contributed by atoms with Crippen molar-refractivity contribution in [3.8, 4) is 0 Å². The molecule has 6 nitrogen and oxygen atoms in total. The Kier molecular flexibility index (Phi) is 3.03. The third-order valence-electron chi connectivity index (χ3n) is 3.47. The van der Waals surface area contributed by atoms with Gasteiger partial charge in [0.15, 0.2) is 15.3 Å². The molecule has 112 valence electrons. The van der Waals surface area contributed by atoms with Crippen LogP contribution < -0.4 is 11.2 Å². The zero-order valence-corrected chi connectivity index (χ0v) is 12.4. The molecule has 3 aromatic rings. The second kappa shape index (κ2) is 4.67. The summed E-state index contributed by atoms with van der Waals surface area (Å²) in [5, 5.41) is 0.644. The first-order valence-electron chi connectivity index (χ1n) is 6.37. The molecule has 0 radical (unpaired) electrons. The molecule has 0 bridgehead atoms. The van der Waals surface area contributed by atoms with Gasteiger partial charge >= 0.3 is 0 Å². The van der Waals surface area contributed by atoms with E-state index in [9.17, 15) is 18.0 Å². The van der Waals surface area contributed by atoms with Crippen LogP contribution in [0.4, 0.5) is 0 Å². The van der Waals surface area contributed by atoms with Gasteiger partial charge in [0, 0.05) is 22.5 Å². The van der Waals surface area contributed by atoms with Crippen molar-refractivity contribution in [1.82, 2.24) is 4.98 Å². The fourth-order valence-corrected chi connectivity index (χ4v) is 3.34. The number of aromatic amines is 1. The topological polar surface area (TPSA) is 110 Å². The quantitative estimate of drug-likeness (QED) is 0.692. The van der Waals surface area contributed by atoms with Crippen LogP contribution in [0.3, 0.4) is 0 Å². The molecular weight excluding hydrogens is 304 g/mol. The van der Waals surface area contributed by atoms with Crippen LogP contribution >= 0.6 is 0 Å². The zero-order valence-electron chi connectivity index (χ0n) is 11.6. The van der Waals surface area contributed by atoms with E-state index in [1.165, 1.54) is 12.1 Å². The van der Waals surface area contributed by atoms with E-state index < -0.39 is 15.7 Å². The summed E-state index contributed by atoms with van der Waals surface area (Å²) in [4.78, 5) is 26.8. The molecule has 0 aliphatic rings. The highest BCUT2D eigenvalue weighted by atomic mass is 32.2. The average molecular weight is 316 g/mol. The van der Waals surface area contributed by atoms with Crippen LogP contribution in [0.1, 0.15) is 10.4 Å². The number of carbonyl (C=O) groups is 1. The van der Waals surface area contributed by atoms with Crippen molar-refractivity contribution < 1.29 is 13.2 Å². The summed E-state index contributed by atoms with van der Waals surface area (Å²) in [6.07, 6.45) is 0.968. The van der Waals surface area contributed by atoms with Gasteiger partial charge in [-0.05, 0) is 24.3 Å². The molecule has 0 spiro atoms. The lowest BCUT2D eigenvalue weighted by molar-refractivity contribution is 0.0997. The molecule has 7 heteroatoms. The number of fused-ring (bicyclic) bond motifs is 2. The minimum absolute atomic E-state index is 0.138. The summed E-state index contributed by atoms with van der Waals surface area (Å²) in [7, 11) is -3.69. The van der Waals surface area contributed by atoms with E-state index in [1.54, 1.807) is 24.3 Å². The molecule has 2 aromatic carbocycles. The number of nitrogens with two attached hydrogens (primary N) is 1. The number of aromatic nitrogens is 1. The van der Waals surface area contributed by atoms with Crippen LogP contribution in [0.2, 0.25) is 0 Å². The van der Waals surface area contributed by atoms with Gasteiger partial charge in [-0.3, -0.25) is 9.59 Å². The predicted molar refractivity (Wildman–Crippen MR) is 83.7 cm³/mol. The Balaban J connectivity index is 2.56. The first-order chi connectivity index (χ1) is 10.3. The fraction of sp³-hybridized carbons (Fsp3) is 0.0667. The molecule has 1 aromatic heterocycles. The smallest absolute Gasteiger partial charge is 0.250 e. The van der Waals surface area contributed by atoms with Crippen molar-refractivity contribution in [2.24, 2.45) is 5.73 Å². The number of amides is 1. The summed E-state index contributed by atoms with van der Waals surface area (Å²) in [5.74, 6) is -0.865. The highest BCUT2D eigenvalue weighted by molar-refractivity contribution is 7.90. The Bertz CT molecular complexity index is 1100. The highest BCUT2D eigenvalue weighted by Crippen LogP contribution is 2.22. The van der Waals surface area contributed by atoms with Crippen molar-refractivity contribution in [2.45, 2.75) is 4.90 Å². The standard InChI is InChI=1S/C15H12N2O4S/c1-22(20,21)13-7-9-12(6-10(13)15(16)19)17-11-5-3-2-4-8(11)14(9)18/h2-7H,1H3,(H2,16,19)(H,17,18). The second-order valence-electron chi connectivity index (χ2n) is 5.03. The zero-order chi connectivity index (χ0) is 16.1. The minimum atomic E-state index is -3.69. The third-order valence-corrected chi connectivity index (χ3v) is 4.61. The number of pyridine rings is 1. The first kappa shape index (κ1) is 14.3. The van der Waals surface area contributed by atoms with Gasteiger partial charge in [0.05, 0.1) is 16.0 Å². The molecule has 0 aliphatic heterocycles. The van der Waals surface area contributed by atoms with Gasteiger partial charge in [-0.15, -0.1) is 0 Å². The fourth-order valence-electron chi connectivity index (χ4n) is 2.45. The monoisotopic (exact) mass is 316 g/mol. The number of hydrogen-bond donors (Lipinski definition) is 2. The Hall–Kier alpha value is -2.67. The molecule has 0 aliphatic carbocycles. The number of hydrogen-bond acceptors (Lipinski definition) is 4. The number of rotatable bonds is 2. The molecular formula is C15H12N2O4S. The molecule has 0 unspecified atom stereocenters. The van der Waals surface area contributed by atoms with E-state index in [4.69, 9.17) is 5.73 Å². The van der Waals surface area contributed by atoms with Crippen LogP contribution in [0, 0.1) is 0 Å². The van der Waals surface area contributed by atoms with E-state index in [1.807, 2.05) is 0 Å². The van der Waals surface area contributed by atoms with Crippen LogP contribution in [0.5, 0.6) is 0 Å². The molecule has 1 heterocycles. The van der Waals surface area contributed by atoms with Crippen LogP contribution in [0.25, 0.3) is 21.8 Å². The van der Waals surface area contributed by atoms with Crippen molar-refractivity contribution in [2.75, 3.05) is 6.26 Å². The summed E-state index contributed by atoms with van der Waals surface area (Å²) in [6.45, 7) is 0. The molecule has 0 fully saturated rings. The van der Waals surface area contributed by atoms with Gasteiger partial charge in [-0.2, -0.15) is 0 Å². The maximum absolute atomic E-state index is 12.5. The Morgan fingerprint density at radius 1 is 1.09 bits per heavy atom. The van der Waals surface area contributed by atoms with Crippen LogP contribution in [-0.4, -0.2) is 25.6 Å². The Morgan fingerprint density at radius 2 is 1.77 bits per heavy atom. The van der Waals surface area contributed by atoms with Crippen LogP contribution in [-0.2, 0) is 9.84 Å². The number of benzene rings is 2. The molecule has 0 saturated heterocycles. The van der Waals surface area contributed by atoms with Gasteiger partial charge in [-0.1, -0.05) is 12.1 Å². The van der Waals surface area contributed by atoms with E-state index in [2.05, 4.69) is 4.98 Å². The van der Waals surface area contributed by atoms with Crippen molar-refractivity contribution >= 4 is 37.6 Å². The lowest BCUT2D eigenvalue weighted by Crippen LogP contribution is -2.17. The maximum Gasteiger partial charge on any atom is 0.250 e. The second-order valence-corrected chi connectivity index (χ2v) is 7.01. The lowest BCUT2D eigenvalue weighted by Gasteiger charge is -2.08. The molecule has 0 saturated carbocycles. The minimum Gasteiger partial charge on any atom is -0.366 e. The predicted octanol–water partition coefficient (Wildman–Crippen LogP) is 1.18. The highest BCUT2D eigenvalue weighted by Gasteiger charge is 2.20. The molecule has 3 N–H and O–H groups in total. The number of H-pyrrole nitrogens is 1. The van der Waals surface area contributed by atoms with E-state index in [-0.39, 0.29) is 21.3 Å². The van der Waals surface area contributed by atoms with Crippen molar-refractivity contribution in [3.05, 3.63) is 52.2 Å². The SMILES string of the molecule is CS(=O)(=O)c1cc2c(=O)c3ccccc3[nH]c2cc1C(N)=O. The van der Waals surface area contributed by atoms with Crippen molar-refractivity contribution in [1.29, 1.82) is 0 Å². The van der Waals surface area contributed by atoms with E-state index in [0.717, 1.165) is 6.26 Å². The molecule has 1 amide bonds. The van der Waals surface area contributed by atoms with Crippen LogP contribution in [0.15, 0.2) is 46.1 Å². The van der Waals surface area contributed by atoms with E-state index >= 15 is 0 Å². The lowest BCUT2D eigenvalue weighted by atomic mass is 10.1. The Morgan fingerprint density at radius 3 is 2.41 bits per heavy atom. The largest absolute Gasteiger partial charge is 0.366 e. The Labute approximate surface area is 125 Å². The number of primary amides is 1. The summed E-state index contributed by atoms with van der Waals surface area (Å²) < 4.78 is 23.7. The number of nitrogens with one attached hydrogen (secondary N) is 1. The average Bonchev–Trinajstić information content (AvgIpc) is 2.45. The molecule has 22 heavy (non-hydrogen) atoms. The summed E-state index contributed by atoms with van der Waals surface area (Å²) in [5.41, 5.74) is 5.78. The maximum atomic E-state index is 12.5. The summed E-state index contributed by atoms with van der Waals surface area (Å²) in [6, 6.07) is 9.38. The number of carbonyl (C=O) groups excluding carboxylic acids is 1. The van der Waals surface area contributed by atoms with E-state index in [0.29, 0.717) is 16.4 Å². The normalized spacial score (nSPS) is 11.9. The first-order valence-corrected chi connectivity index (χ1v) is 8.27. The van der Waals surface area contributed by atoms with Crippen molar-refractivity contribution in [3.63, 3.8) is 0 Å². The van der Waals surface area contributed by atoms with Gasteiger partial charge in [0.25, 0.3) is 0 Å². The number of para-hydroxylation sites is 1. The summed E-state index contributed by atoms with van der Waals surface area (Å²) >= 11 is 0. The van der Waals surface area contributed by atoms with Gasteiger partial charge in [0.2, 0.25) is 5.91 Å². The van der Waals surface area contributed by atoms with Gasteiger partial charge < -0.3 is 10.7 Å². The molecule has 3 rings (SSSR count). The molecule has 0 atom stereocenters. The number of sulfone groups is 1.